The van der Waals surface area contributed by atoms with Gasteiger partial charge in [-0.3, -0.25) is 4.79 Å². The summed E-state index contributed by atoms with van der Waals surface area (Å²) in [4.78, 5) is 11.9. The number of benzene rings is 1. The maximum atomic E-state index is 11.9. The molecule has 0 amide bonds. The molecule has 1 aromatic carbocycles. The Balaban J connectivity index is 1.98. The van der Waals surface area contributed by atoms with Crippen LogP contribution < -0.4 is 0 Å². The smallest absolute Gasteiger partial charge is 0.310 e. The highest BCUT2D eigenvalue weighted by Crippen LogP contribution is 2.48. The van der Waals surface area contributed by atoms with Crippen molar-refractivity contribution in [3.8, 4) is 6.07 Å². The average Bonchev–Trinajstić information content (AvgIpc) is 3.07. The van der Waals surface area contributed by atoms with E-state index in [-0.39, 0.29) is 17.8 Å². The SMILES string of the molecule is CC(C)(C)OC(=O)[C@H]1C[C@@H]1c1ccc(C#N)cc1. The second kappa shape index (κ2) is 4.45. The first-order chi connectivity index (χ1) is 8.40. The van der Waals surface area contributed by atoms with Gasteiger partial charge in [-0.1, -0.05) is 12.1 Å². The van der Waals surface area contributed by atoms with E-state index in [2.05, 4.69) is 6.07 Å². The first kappa shape index (κ1) is 12.6. The van der Waals surface area contributed by atoms with Gasteiger partial charge in [-0.05, 0) is 50.8 Å². The Hall–Kier alpha value is -1.82. The van der Waals surface area contributed by atoms with E-state index in [4.69, 9.17) is 10.00 Å². The molecule has 2 rings (SSSR count). The molecule has 3 nitrogen and oxygen atoms in total. The van der Waals surface area contributed by atoms with E-state index in [9.17, 15) is 4.79 Å². The number of hydrogen-bond acceptors (Lipinski definition) is 3. The predicted molar refractivity (Wildman–Crippen MR) is 67.9 cm³/mol. The largest absolute Gasteiger partial charge is 0.460 e. The average molecular weight is 243 g/mol. The van der Waals surface area contributed by atoms with Crippen LogP contribution in [0.25, 0.3) is 0 Å². The molecule has 0 unspecified atom stereocenters. The monoisotopic (exact) mass is 243 g/mol. The maximum Gasteiger partial charge on any atom is 0.310 e. The fourth-order valence-electron chi connectivity index (χ4n) is 2.01. The van der Waals surface area contributed by atoms with E-state index >= 15 is 0 Å². The lowest BCUT2D eigenvalue weighted by Crippen LogP contribution is -2.25. The van der Waals surface area contributed by atoms with Crippen LogP contribution in [0.3, 0.4) is 0 Å². The van der Waals surface area contributed by atoms with Crippen LogP contribution in [0.1, 0.15) is 44.2 Å². The van der Waals surface area contributed by atoms with Crippen LogP contribution in [0.2, 0.25) is 0 Å². The maximum absolute atomic E-state index is 11.9. The third kappa shape index (κ3) is 2.89. The molecule has 1 saturated carbocycles. The number of nitriles is 1. The van der Waals surface area contributed by atoms with Crippen molar-refractivity contribution in [3.05, 3.63) is 35.4 Å². The van der Waals surface area contributed by atoms with Crippen molar-refractivity contribution in [3.63, 3.8) is 0 Å². The van der Waals surface area contributed by atoms with E-state index in [1.54, 1.807) is 12.1 Å². The molecular weight excluding hydrogens is 226 g/mol. The molecule has 0 aliphatic heterocycles. The molecule has 1 aromatic rings. The fourth-order valence-corrected chi connectivity index (χ4v) is 2.01. The second-order valence-electron chi connectivity index (χ2n) is 5.72. The van der Waals surface area contributed by atoms with Gasteiger partial charge in [0, 0.05) is 0 Å². The number of rotatable bonds is 2. The summed E-state index contributed by atoms with van der Waals surface area (Å²) >= 11 is 0. The zero-order chi connectivity index (χ0) is 13.3. The molecule has 0 saturated heterocycles. The van der Waals surface area contributed by atoms with Gasteiger partial charge in [0.2, 0.25) is 0 Å². The molecule has 2 atom stereocenters. The van der Waals surface area contributed by atoms with Crippen LogP contribution in [-0.4, -0.2) is 11.6 Å². The molecule has 1 fully saturated rings. The van der Waals surface area contributed by atoms with Crippen LogP contribution in [0.15, 0.2) is 24.3 Å². The first-order valence-corrected chi connectivity index (χ1v) is 6.13. The number of hydrogen-bond donors (Lipinski definition) is 0. The van der Waals surface area contributed by atoms with Crippen molar-refractivity contribution in [2.75, 3.05) is 0 Å². The molecule has 1 aliphatic rings. The van der Waals surface area contributed by atoms with Gasteiger partial charge in [0.25, 0.3) is 0 Å². The van der Waals surface area contributed by atoms with Crippen molar-refractivity contribution in [1.82, 2.24) is 0 Å². The van der Waals surface area contributed by atoms with Gasteiger partial charge < -0.3 is 4.74 Å². The van der Waals surface area contributed by atoms with E-state index in [1.165, 1.54) is 0 Å². The Labute approximate surface area is 107 Å². The molecule has 0 radical (unpaired) electrons. The van der Waals surface area contributed by atoms with Crippen molar-refractivity contribution in [2.24, 2.45) is 5.92 Å². The first-order valence-electron chi connectivity index (χ1n) is 6.13. The van der Waals surface area contributed by atoms with Crippen LogP contribution in [0, 0.1) is 17.2 Å². The zero-order valence-electron chi connectivity index (χ0n) is 10.9. The minimum absolute atomic E-state index is 0.0165. The summed E-state index contributed by atoms with van der Waals surface area (Å²) in [6.07, 6.45) is 0.848. The molecule has 3 heteroatoms. The summed E-state index contributed by atoms with van der Waals surface area (Å²) in [6.45, 7) is 5.64. The highest BCUT2D eigenvalue weighted by Gasteiger charge is 2.46. The minimum Gasteiger partial charge on any atom is -0.460 e. The zero-order valence-corrected chi connectivity index (χ0v) is 10.9. The van der Waals surface area contributed by atoms with Gasteiger partial charge in [0.05, 0.1) is 17.6 Å². The third-order valence-electron chi connectivity index (χ3n) is 2.97. The minimum atomic E-state index is -0.422. The van der Waals surface area contributed by atoms with Crippen LogP contribution in [-0.2, 0) is 9.53 Å². The molecular formula is C15H17NO2. The Morgan fingerprint density at radius 1 is 1.33 bits per heavy atom. The van der Waals surface area contributed by atoms with Crippen molar-refractivity contribution in [2.45, 2.75) is 38.7 Å². The highest BCUT2D eigenvalue weighted by molar-refractivity contribution is 5.77. The normalized spacial score (nSPS) is 22.1. The molecule has 0 N–H and O–H groups in total. The number of carbonyl (C=O) groups is 1. The lowest BCUT2D eigenvalue weighted by Gasteiger charge is -2.19. The summed E-state index contributed by atoms with van der Waals surface area (Å²) < 4.78 is 5.37. The topological polar surface area (TPSA) is 50.1 Å². The number of ether oxygens (including phenoxy) is 1. The summed E-state index contributed by atoms with van der Waals surface area (Å²) in [5, 5.41) is 8.73. The predicted octanol–water partition coefficient (Wildman–Crippen LogP) is 3.00. The highest BCUT2D eigenvalue weighted by atomic mass is 16.6. The van der Waals surface area contributed by atoms with Gasteiger partial charge in [0.15, 0.2) is 0 Å². The van der Waals surface area contributed by atoms with Gasteiger partial charge in [-0.2, -0.15) is 5.26 Å². The number of nitrogens with zero attached hydrogens (tertiary/aromatic N) is 1. The Bertz CT molecular complexity index is 491. The fraction of sp³-hybridized carbons (Fsp3) is 0.467. The van der Waals surface area contributed by atoms with Gasteiger partial charge in [0.1, 0.15) is 5.60 Å². The molecule has 0 heterocycles. The summed E-state index contributed by atoms with van der Waals surface area (Å²) in [7, 11) is 0. The Morgan fingerprint density at radius 3 is 2.44 bits per heavy atom. The van der Waals surface area contributed by atoms with Crippen molar-refractivity contribution >= 4 is 5.97 Å². The Morgan fingerprint density at radius 2 is 1.94 bits per heavy atom. The van der Waals surface area contributed by atoms with Crippen molar-refractivity contribution in [1.29, 1.82) is 5.26 Å². The lowest BCUT2D eigenvalue weighted by atomic mass is 10.1. The Kier molecular flexibility index (Phi) is 3.13. The van der Waals surface area contributed by atoms with Crippen LogP contribution in [0.5, 0.6) is 0 Å². The van der Waals surface area contributed by atoms with E-state index < -0.39 is 5.60 Å². The quantitative estimate of drug-likeness (QED) is 0.750. The van der Waals surface area contributed by atoms with Gasteiger partial charge in [-0.25, -0.2) is 0 Å². The van der Waals surface area contributed by atoms with E-state index in [0.29, 0.717) is 5.56 Å². The van der Waals surface area contributed by atoms with Gasteiger partial charge >= 0.3 is 5.97 Å². The summed E-state index contributed by atoms with van der Waals surface area (Å²) in [6, 6.07) is 9.52. The number of esters is 1. The summed E-state index contributed by atoms with van der Waals surface area (Å²) in [5.41, 5.74) is 1.34. The molecule has 0 bridgehead atoms. The molecule has 1 aliphatic carbocycles. The lowest BCUT2D eigenvalue weighted by molar-refractivity contribution is -0.156. The summed E-state index contributed by atoms with van der Waals surface area (Å²) in [5.74, 6) is 0.126. The van der Waals surface area contributed by atoms with Crippen LogP contribution >= 0.6 is 0 Å². The second-order valence-corrected chi connectivity index (χ2v) is 5.72. The molecule has 94 valence electrons. The van der Waals surface area contributed by atoms with Crippen molar-refractivity contribution < 1.29 is 9.53 Å². The van der Waals surface area contributed by atoms with E-state index in [0.717, 1.165) is 12.0 Å². The van der Waals surface area contributed by atoms with Crippen LogP contribution in [0.4, 0.5) is 0 Å². The van der Waals surface area contributed by atoms with Gasteiger partial charge in [-0.15, -0.1) is 0 Å². The molecule has 18 heavy (non-hydrogen) atoms. The standard InChI is InChI=1S/C15H17NO2/c1-15(2,3)18-14(17)13-8-12(13)11-6-4-10(9-16)5-7-11/h4-7,12-13H,8H2,1-3H3/t12-,13+/m1/s1. The van der Waals surface area contributed by atoms with E-state index in [1.807, 2.05) is 32.9 Å². The number of carbonyl (C=O) groups excluding carboxylic acids is 1. The molecule has 0 aromatic heterocycles. The third-order valence-corrected chi connectivity index (χ3v) is 2.97. The molecule has 0 spiro atoms.